The second-order valence-corrected chi connectivity index (χ2v) is 8.65. The number of halogens is 1. The Morgan fingerprint density at radius 3 is 2.39 bits per heavy atom. The van der Waals surface area contributed by atoms with E-state index >= 15 is 0 Å². The van der Waals surface area contributed by atoms with Gasteiger partial charge in [0.15, 0.2) is 0 Å². The SMILES string of the molecule is Cc1ccc(-n2c(C)cc(C=C3NC(=O)N(c4cccc(Cl)c4)C3=O)c2C)c2ccccc12. The van der Waals surface area contributed by atoms with Crippen molar-refractivity contribution in [2.45, 2.75) is 20.8 Å². The average Bonchev–Trinajstić information content (AvgIpc) is 3.23. The van der Waals surface area contributed by atoms with Gasteiger partial charge in [-0.3, -0.25) is 4.79 Å². The summed E-state index contributed by atoms with van der Waals surface area (Å²) in [6.07, 6.45) is 1.74. The second kappa shape index (κ2) is 7.94. The summed E-state index contributed by atoms with van der Waals surface area (Å²) >= 11 is 6.05. The third kappa shape index (κ3) is 3.51. The standard InChI is InChI=1S/C27H22ClN3O2/c1-16-11-12-25(23-10-5-4-9-22(16)23)30-17(2)13-19(18(30)3)14-24-26(32)31(27(33)29-24)21-8-6-7-20(28)15-21/h4-15H,1-3H3,(H,29,33). The van der Waals surface area contributed by atoms with Gasteiger partial charge in [0.1, 0.15) is 5.70 Å². The van der Waals surface area contributed by atoms with E-state index in [1.54, 1.807) is 30.3 Å². The number of rotatable bonds is 3. The molecule has 0 bridgehead atoms. The summed E-state index contributed by atoms with van der Waals surface area (Å²) in [5.41, 5.74) is 5.86. The molecule has 4 aromatic rings. The molecule has 3 amide bonds. The molecule has 5 nitrogen and oxygen atoms in total. The van der Waals surface area contributed by atoms with E-state index in [0.717, 1.165) is 32.9 Å². The van der Waals surface area contributed by atoms with E-state index < -0.39 is 11.9 Å². The second-order valence-electron chi connectivity index (χ2n) is 8.22. The highest BCUT2D eigenvalue weighted by Crippen LogP contribution is 2.31. The third-order valence-electron chi connectivity index (χ3n) is 6.07. The lowest BCUT2D eigenvalue weighted by Crippen LogP contribution is -2.30. The zero-order chi connectivity index (χ0) is 23.3. The van der Waals surface area contributed by atoms with Gasteiger partial charge in [-0.25, -0.2) is 9.69 Å². The molecule has 2 heterocycles. The molecule has 0 saturated carbocycles. The molecule has 0 atom stereocenters. The summed E-state index contributed by atoms with van der Waals surface area (Å²) in [6.45, 7) is 6.17. The van der Waals surface area contributed by atoms with E-state index in [1.165, 1.54) is 10.9 Å². The maximum absolute atomic E-state index is 13.0. The van der Waals surface area contributed by atoms with Gasteiger partial charge in [0.2, 0.25) is 0 Å². The number of nitrogens with one attached hydrogen (secondary N) is 1. The van der Waals surface area contributed by atoms with Gasteiger partial charge in [0.05, 0.1) is 11.4 Å². The van der Waals surface area contributed by atoms with Gasteiger partial charge in [0, 0.05) is 21.8 Å². The highest BCUT2D eigenvalue weighted by molar-refractivity contribution is 6.32. The Morgan fingerprint density at radius 1 is 0.879 bits per heavy atom. The Kier molecular flexibility index (Phi) is 5.06. The van der Waals surface area contributed by atoms with Crippen molar-refractivity contribution in [2.75, 3.05) is 4.90 Å². The predicted molar refractivity (Wildman–Crippen MR) is 133 cm³/mol. The van der Waals surface area contributed by atoms with E-state index in [-0.39, 0.29) is 5.70 Å². The Balaban J connectivity index is 1.57. The predicted octanol–water partition coefficient (Wildman–Crippen LogP) is 6.31. The van der Waals surface area contributed by atoms with Crippen molar-refractivity contribution >= 4 is 46.1 Å². The molecule has 33 heavy (non-hydrogen) atoms. The molecule has 1 aliphatic heterocycles. The zero-order valence-corrected chi connectivity index (χ0v) is 19.3. The van der Waals surface area contributed by atoms with Crippen molar-refractivity contribution < 1.29 is 9.59 Å². The van der Waals surface area contributed by atoms with Crippen molar-refractivity contribution in [3.05, 3.63) is 100.0 Å². The first kappa shape index (κ1) is 21.0. The molecule has 1 aliphatic rings. The van der Waals surface area contributed by atoms with Crippen LogP contribution in [0.3, 0.4) is 0 Å². The number of aryl methyl sites for hydroxylation is 2. The van der Waals surface area contributed by atoms with Gasteiger partial charge in [-0.15, -0.1) is 0 Å². The highest BCUT2D eigenvalue weighted by Gasteiger charge is 2.35. The molecule has 1 saturated heterocycles. The number of carbonyl (C=O) groups excluding carboxylic acids is 2. The highest BCUT2D eigenvalue weighted by atomic mass is 35.5. The normalized spacial score (nSPS) is 15.0. The fraction of sp³-hybridized carbons (Fsp3) is 0.111. The van der Waals surface area contributed by atoms with Gasteiger partial charge in [-0.05, 0) is 73.7 Å². The topological polar surface area (TPSA) is 54.3 Å². The molecule has 6 heteroatoms. The fourth-order valence-electron chi connectivity index (χ4n) is 4.47. The van der Waals surface area contributed by atoms with Crippen LogP contribution < -0.4 is 10.2 Å². The molecule has 0 aliphatic carbocycles. The van der Waals surface area contributed by atoms with E-state index in [2.05, 4.69) is 41.1 Å². The van der Waals surface area contributed by atoms with Crippen molar-refractivity contribution in [2.24, 2.45) is 0 Å². The van der Waals surface area contributed by atoms with Crippen LogP contribution in [0.2, 0.25) is 5.02 Å². The van der Waals surface area contributed by atoms with Crippen molar-refractivity contribution in [1.82, 2.24) is 9.88 Å². The van der Waals surface area contributed by atoms with Crippen LogP contribution in [0.15, 0.2) is 72.4 Å². The van der Waals surface area contributed by atoms with Crippen LogP contribution in [0.25, 0.3) is 22.5 Å². The van der Waals surface area contributed by atoms with Crippen molar-refractivity contribution in [1.29, 1.82) is 0 Å². The minimum Gasteiger partial charge on any atom is -0.317 e. The lowest BCUT2D eigenvalue weighted by atomic mass is 10.0. The fourth-order valence-corrected chi connectivity index (χ4v) is 4.66. The Labute approximate surface area is 196 Å². The van der Waals surface area contributed by atoms with Crippen LogP contribution in [0, 0.1) is 20.8 Å². The lowest BCUT2D eigenvalue weighted by Gasteiger charge is -2.14. The largest absolute Gasteiger partial charge is 0.333 e. The van der Waals surface area contributed by atoms with E-state index in [1.807, 2.05) is 32.0 Å². The van der Waals surface area contributed by atoms with E-state index in [4.69, 9.17) is 11.6 Å². The number of hydrogen-bond donors (Lipinski definition) is 1. The molecular weight excluding hydrogens is 434 g/mol. The summed E-state index contributed by atoms with van der Waals surface area (Å²) in [7, 11) is 0. The maximum atomic E-state index is 13.0. The number of benzene rings is 3. The number of nitrogens with zero attached hydrogens (tertiary/aromatic N) is 2. The minimum atomic E-state index is -0.494. The summed E-state index contributed by atoms with van der Waals surface area (Å²) < 4.78 is 2.18. The molecule has 164 valence electrons. The average molecular weight is 456 g/mol. The Morgan fingerprint density at radius 2 is 1.64 bits per heavy atom. The zero-order valence-electron chi connectivity index (χ0n) is 18.5. The first-order valence-electron chi connectivity index (χ1n) is 10.7. The molecule has 0 unspecified atom stereocenters. The van der Waals surface area contributed by atoms with Crippen molar-refractivity contribution in [3.63, 3.8) is 0 Å². The number of imide groups is 1. The number of aromatic nitrogens is 1. The molecule has 3 aromatic carbocycles. The van der Waals surface area contributed by atoms with Crippen LogP contribution in [-0.2, 0) is 4.79 Å². The monoisotopic (exact) mass is 455 g/mol. The summed E-state index contributed by atoms with van der Waals surface area (Å²) in [4.78, 5) is 26.7. The van der Waals surface area contributed by atoms with Crippen LogP contribution in [0.1, 0.15) is 22.5 Å². The van der Waals surface area contributed by atoms with Gasteiger partial charge in [0.25, 0.3) is 5.91 Å². The summed E-state index contributed by atoms with van der Waals surface area (Å²) in [6, 6.07) is 20.8. The molecule has 1 fully saturated rings. The molecule has 1 aromatic heterocycles. The molecule has 1 N–H and O–H groups in total. The van der Waals surface area contributed by atoms with Gasteiger partial charge < -0.3 is 9.88 Å². The van der Waals surface area contributed by atoms with Crippen LogP contribution in [0.4, 0.5) is 10.5 Å². The van der Waals surface area contributed by atoms with Gasteiger partial charge >= 0.3 is 6.03 Å². The summed E-state index contributed by atoms with van der Waals surface area (Å²) in [5, 5.41) is 5.53. The van der Waals surface area contributed by atoms with Crippen LogP contribution >= 0.6 is 11.6 Å². The smallest absolute Gasteiger partial charge is 0.317 e. The first-order chi connectivity index (χ1) is 15.8. The van der Waals surface area contributed by atoms with Crippen LogP contribution in [0.5, 0.6) is 0 Å². The van der Waals surface area contributed by atoms with Crippen molar-refractivity contribution in [3.8, 4) is 5.69 Å². The number of anilines is 1. The quantitative estimate of drug-likeness (QED) is 0.291. The molecule has 5 rings (SSSR count). The molecular formula is C27H22ClN3O2. The number of fused-ring (bicyclic) bond motifs is 1. The third-order valence-corrected chi connectivity index (χ3v) is 6.31. The van der Waals surface area contributed by atoms with E-state index in [0.29, 0.717) is 10.7 Å². The number of amides is 3. The molecule has 0 radical (unpaired) electrons. The Bertz CT molecular complexity index is 1480. The number of carbonyl (C=O) groups is 2. The maximum Gasteiger partial charge on any atom is 0.333 e. The lowest BCUT2D eigenvalue weighted by molar-refractivity contribution is -0.113. The van der Waals surface area contributed by atoms with Crippen LogP contribution in [-0.4, -0.2) is 16.5 Å². The first-order valence-corrected chi connectivity index (χ1v) is 11.0. The summed E-state index contributed by atoms with van der Waals surface area (Å²) in [5.74, 6) is -0.409. The number of urea groups is 1. The molecule has 0 spiro atoms. The van der Waals surface area contributed by atoms with Gasteiger partial charge in [-0.2, -0.15) is 0 Å². The van der Waals surface area contributed by atoms with E-state index in [9.17, 15) is 9.59 Å². The number of hydrogen-bond acceptors (Lipinski definition) is 2. The van der Waals surface area contributed by atoms with Gasteiger partial charge in [-0.1, -0.05) is 48.0 Å². The Hall–Kier alpha value is -3.83. The minimum absolute atomic E-state index is 0.231.